The quantitative estimate of drug-likeness (QED) is 0.811. The standard InChI is InChI=1S/C14H19IN2O/c1-10-5-6-16-9-13(10)17-14(18)8-11-3-2-4-12(15)7-11/h2-4,7,10,13,16H,5-6,8-9H2,1H3,(H,17,18). The molecule has 3 nitrogen and oxygen atoms in total. The summed E-state index contributed by atoms with van der Waals surface area (Å²) in [7, 11) is 0. The average molecular weight is 358 g/mol. The summed E-state index contributed by atoms with van der Waals surface area (Å²) in [5.74, 6) is 0.684. The maximum atomic E-state index is 12.0. The molecule has 0 spiro atoms. The summed E-state index contributed by atoms with van der Waals surface area (Å²) in [4.78, 5) is 12.0. The largest absolute Gasteiger partial charge is 0.352 e. The van der Waals surface area contributed by atoms with Crippen LogP contribution in [0.2, 0.25) is 0 Å². The minimum atomic E-state index is 0.123. The van der Waals surface area contributed by atoms with E-state index in [1.807, 2.05) is 18.2 Å². The molecular formula is C14H19IN2O. The van der Waals surface area contributed by atoms with Crippen LogP contribution >= 0.6 is 22.6 Å². The van der Waals surface area contributed by atoms with Gasteiger partial charge in [0.1, 0.15) is 0 Å². The van der Waals surface area contributed by atoms with Gasteiger partial charge < -0.3 is 10.6 Å². The maximum absolute atomic E-state index is 12.0. The molecular weight excluding hydrogens is 339 g/mol. The Kier molecular flexibility index (Phi) is 5.00. The fourth-order valence-corrected chi connectivity index (χ4v) is 2.88. The highest BCUT2D eigenvalue weighted by molar-refractivity contribution is 14.1. The predicted octanol–water partition coefficient (Wildman–Crippen LogP) is 1.95. The first kappa shape index (κ1) is 13.8. The Morgan fingerprint density at radius 1 is 1.56 bits per heavy atom. The van der Waals surface area contributed by atoms with Crippen molar-refractivity contribution in [1.82, 2.24) is 10.6 Å². The Hall–Kier alpha value is -0.620. The molecule has 1 amide bonds. The van der Waals surface area contributed by atoms with E-state index in [1.54, 1.807) is 0 Å². The normalized spacial score (nSPS) is 23.7. The maximum Gasteiger partial charge on any atom is 0.224 e. The molecule has 2 atom stereocenters. The number of amides is 1. The van der Waals surface area contributed by atoms with Gasteiger partial charge in [0, 0.05) is 16.2 Å². The predicted molar refractivity (Wildman–Crippen MR) is 81.4 cm³/mol. The van der Waals surface area contributed by atoms with Crippen molar-refractivity contribution in [2.24, 2.45) is 5.92 Å². The van der Waals surface area contributed by atoms with Gasteiger partial charge in [-0.1, -0.05) is 19.1 Å². The third kappa shape index (κ3) is 3.95. The molecule has 1 fully saturated rings. The molecule has 1 aliphatic heterocycles. The first-order valence-electron chi connectivity index (χ1n) is 6.39. The molecule has 1 saturated heterocycles. The van der Waals surface area contributed by atoms with E-state index in [0.29, 0.717) is 12.3 Å². The van der Waals surface area contributed by atoms with E-state index in [4.69, 9.17) is 0 Å². The van der Waals surface area contributed by atoms with Crippen molar-refractivity contribution in [3.05, 3.63) is 33.4 Å². The van der Waals surface area contributed by atoms with E-state index in [1.165, 1.54) is 3.57 Å². The van der Waals surface area contributed by atoms with E-state index in [2.05, 4.69) is 46.2 Å². The van der Waals surface area contributed by atoms with Crippen molar-refractivity contribution in [3.8, 4) is 0 Å². The highest BCUT2D eigenvalue weighted by atomic mass is 127. The summed E-state index contributed by atoms with van der Waals surface area (Å²) in [5, 5.41) is 6.46. The van der Waals surface area contributed by atoms with Crippen molar-refractivity contribution in [2.75, 3.05) is 13.1 Å². The van der Waals surface area contributed by atoms with Gasteiger partial charge in [0.2, 0.25) is 5.91 Å². The minimum Gasteiger partial charge on any atom is -0.352 e. The monoisotopic (exact) mass is 358 g/mol. The van der Waals surface area contributed by atoms with Crippen LogP contribution in [0.4, 0.5) is 0 Å². The number of benzene rings is 1. The van der Waals surface area contributed by atoms with E-state index in [-0.39, 0.29) is 11.9 Å². The molecule has 2 N–H and O–H groups in total. The molecule has 0 aliphatic carbocycles. The zero-order valence-electron chi connectivity index (χ0n) is 10.6. The Morgan fingerprint density at radius 3 is 3.11 bits per heavy atom. The third-order valence-electron chi connectivity index (χ3n) is 3.43. The van der Waals surface area contributed by atoms with E-state index < -0.39 is 0 Å². The Morgan fingerprint density at radius 2 is 2.39 bits per heavy atom. The zero-order chi connectivity index (χ0) is 13.0. The summed E-state index contributed by atoms with van der Waals surface area (Å²) in [6, 6.07) is 8.37. The molecule has 2 unspecified atom stereocenters. The first-order valence-corrected chi connectivity index (χ1v) is 7.47. The summed E-state index contributed by atoms with van der Waals surface area (Å²) in [6.45, 7) is 4.15. The van der Waals surface area contributed by atoms with Gasteiger partial charge in [-0.2, -0.15) is 0 Å². The lowest BCUT2D eigenvalue weighted by Gasteiger charge is -2.30. The van der Waals surface area contributed by atoms with Crippen LogP contribution in [0, 0.1) is 9.49 Å². The van der Waals surface area contributed by atoms with Crippen molar-refractivity contribution >= 4 is 28.5 Å². The molecule has 0 radical (unpaired) electrons. The van der Waals surface area contributed by atoms with E-state index in [0.717, 1.165) is 25.1 Å². The molecule has 18 heavy (non-hydrogen) atoms. The summed E-state index contributed by atoms with van der Waals surface area (Å²) in [5.41, 5.74) is 1.08. The van der Waals surface area contributed by atoms with E-state index in [9.17, 15) is 4.79 Å². The molecule has 98 valence electrons. The van der Waals surface area contributed by atoms with Gasteiger partial charge in [-0.15, -0.1) is 0 Å². The van der Waals surface area contributed by atoms with Crippen LogP contribution < -0.4 is 10.6 Å². The second-order valence-corrected chi connectivity index (χ2v) is 6.20. The molecule has 0 bridgehead atoms. The molecule has 0 aromatic heterocycles. The summed E-state index contributed by atoms with van der Waals surface area (Å²) < 4.78 is 1.17. The molecule has 1 aromatic rings. The molecule has 0 saturated carbocycles. The van der Waals surface area contributed by atoms with Gasteiger partial charge in [0.05, 0.1) is 6.42 Å². The fourth-order valence-electron chi connectivity index (χ4n) is 2.27. The number of hydrogen-bond acceptors (Lipinski definition) is 2. The molecule has 1 aliphatic rings. The number of halogens is 1. The Bertz CT molecular complexity index is 422. The lowest BCUT2D eigenvalue weighted by molar-refractivity contribution is -0.121. The number of hydrogen-bond donors (Lipinski definition) is 2. The fraction of sp³-hybridized carbons (Fsp3) is 0.500. The van der Waals surface area contributed by atoms with Crippen LogP contribution in [0.25, 0.3) is 0 Å². The molecule has 4 heteroatoms. The lowest BCUT2D eigenvalue weighted by Crippen LogP contribution is -2.50. The van der Waals surface area contributed by atoms with Crippen LogP contribution in [0.1, 0.15) is 18.9 Å². The van der Waals surface area contributed by atoms with Crippen molar-refractivity contribution in [1.29, 1.82) is 0 Å². The third-order valence-corrected chi connectivity index (χ3v) is 4.10. The number of carbonyl (C=O) groups excluding carboxylic acids is 1. The number of carbonyl (C=O) groups is 1. The second kappa shape index (κ2) is 6.52. The molecule has 1 aromatic carbocycles. The van der Waals surface area contributed by atoms with Gasteiger partial charge >= 0.3 is 0 Å². The lowest BCUT2D eigenvalue weighted by atomic mass is 9.94. The van der Waals surface area contributed by atoms with Gasteiger partial charge in [-0.05, 0) is 59.2 Å². The van der Waals surface area contributed by atoms with Gasteiger partial charge in [0.25, 0.3) is 0 Å². The van der Waals surface area contributed by atoms with Gasteiger partial charge in [-0.25, -0.2) is 0 Å². The first-order chi connectivity index (χ1) is 8.65. The number of piperidine rings is 1. The number of rotatable bonds is 3. The average Bonchev–Trinajstić information content (AvgIpc) is 2.32. The van der Waals surface area contributed by atoms with Gasteiger partial charge in [-0.3, -0.25) is 4.79 Å². The SMILES string of the molecule is CC1CCNCC1NC(=O)Cc1cccc(I)c1. The summed E-state index contributed by atoms with van der Waals surface area (Å²) in [6.07, 6.45) is 1.61. The highest BCUT2D eigenvalue weighted by Gasteiger charge is 2.22. The minimum absolute atomic E-state index is 0.123. The van der Waals surface area contributed by atoms with E-state index >= 15 is 0 Å². The van der Waals surface area contributed by atoms with Crippen LogP contribution in [-0.4, -0.2) is 25.0 Å². The summed E-state index contributed by atoms with van der Waals surface area (Å²) >= 11 is 2.27. The van der Waals surface area contributed by atoms with Crippen molar-refractivity contribution in [3.63, 3.8) is 0 Å². The zero-order valence-corrected chi connectivity index (χ0v) is 12.7. The molecule has 1 heterocycles. The van der Waals surface area contributed by atoms with Crippen molar-refractivity contribution in [2.45, 2.75) is 25.8 Å². The van der Waals surface area contributed by atoms with Gasteiger partial charge in [0.15, 0.2) is 0 Å². The van der Waals surface area contributed by atoms with Crippen LogP contribution in [0.5, 0.6) is 0 Å². The van der Waals surface area contributed by atoms with Crippen molar-refractivity contribution < 1.29 is 4.79 Å². The highest BCUT2D eigenvalue weighted by Crippen LogP contribution is 2.12. The smallest absolute Gasteiger partial charge is 0.224 e. The second-order valence-electron chi connectivity index (χ2n) is 4.95. The molecule has 2 rings (SSSR count). The van der Waals surface area contributed by atoms with Crippen LogP contribution in [-0.2, 0) is 11.2 Å². The van der Waals surface area contributed by atoms with Crippen LogP contribution in [0.15, 0.2) is 24.3 Å². The Balaban J connectivity index is 1.88. The number of nitrogens with one attached hydrogen (secondary N) is 2. The topological polar surface area (TPSA) is 41.1 Å². The van der Waals surface area contributed by atoms with Crippen LogP contribution in [0.3, 0.4) is 0 Å². The Labute approximate surface area is 122 Å².